The van der Waals surface area contributed by atoms with Crippen LogP contribution in [-0.4, -0.2) is 16.6 Å². The molecular formula is C15H14Cl2N2OS. The summed E-state index contributed by atoms with van der Waals surface area (Å²) in [4.78, 5) is 16.3. The number of aryl methyl sites for hydroxylation is 2. The summed E-state index contributed by atoms with van der Waals surface area (Å²) >= 11 is 13.1. The van der Waals surface area contributed by atoms with Crippen LogP contribution in [0.15, 0.2) is 35.4 Å². The van der Waals surface area contributed by atoms with Gasteiger partial charge in [0, 0.05) is 11.4 Å². The molecule has 0 spiro atoms. The van der Waals surface area contributed by atoms with Crippen molar-refractivity contribution in [1.82, 2.24) is 4.98 Å². The number of hydrogen-bond acceptors (Lipinski definition) is 3. The van der Waals surface area contributed by atoms with Crippen LogP contribution in [0.3, 0.4) is 0 Å². The molecule has 6 heteroatoms. The minimum atomic E-state index is -0.112. The molecule has 0 bridgehead atoms. The molecule has 2 aromatic rings. The standard InChI is InChI=1S/C15H14Cl2N2OS/c1-9-5-10(2)18-15(6-9)21-8-14(20)19-11-3-4-12(16)13(17)7-11/h3-7H,8H2,1-2H3,(H,19,20). The minimum absolute atomic E-state index is 0.112. The number of halogens is 2. The predicted octanol–water partition coefficient (Wildman–Crippen LogP) is 4.74. The molecule has 0 aliphatic carbocycles. The molecule has 3 nitrogen and oxygen atoms in total. The monoisotopic (exact) mass is 340 g/mol. The van der Waals surface area contributed by atoms with Gasteiger partial charge in [0.25, 0.3) is 0 Å². The van der Waals surface area contributed by atoms with Crippen LogP contribution in [0.25, 0.3) is 0 Å². The third-order valence-corrected chi connectivity index (χ3v) is 4.28. The molecule has 0 aliphatic heterocycles. The molecule has 1 aromatic carbocycles. The van der Waals surface area contributed by atoms with Crippen molar-refractivity contribution in [1.29, 1.82) is 0 Å². The van der Waals surface area contributed by atoms with Crippen LogP contribution in [0, 0.1) is 13.8 Å². The van der Waals surface area contributed by atoms with E-state index in [9.17, 15) is 4.79 Å². The molecule has 0 saturated carbocycles. The highest BCUT2D eigenvalue weighted by molar-refractivity contribution is 7.99. The number of pyridine rings is 1. The fourth-order valence-electron chi connectivity index (χ4n) is 1.79. The molecule has 2 rings (SSSR count). The summed E-state index contributed by atoms with van der Waals surface area (Å²) in [6, 6.07) is 8.95. The third kappa shape index (κ3) is 4.92. The first-order chi connectivity index (χ1) is 9.94. The number of benzene rings is 1. The van der Waals surface area contributed by atoms with Crippen molar-refractivity contribution in [2.75, 3.05) is 11.1 Å². The van der Waals surface area contributed by atoms with Crippen LogP contribution in [-0.2, 0) is 4.79 Å². The van der Waals surface area contributed by atoms with Crippen molar-refractivity contribution in [2.45, 2.75) is 18.9 Å². The van der Waals surface area contributed by atoms with Gasteiger partial charge < -0.3 is 5.32 Å². The average molecular weight is 341 g/mol. The Kier molecular flexibility index (Phi) is 5.51. The van der Waals surface area contributed by atoms with Crippen molar-refractivity contribution < 1.29 is 4.79 Å². The van der Waals surface area contributed by atoms with E-state index in [0.717, 1.165) is 16.3 Å². The van der Waals surface area contributed by atoms with E-state index in [1.54, 1.807) is 18.2 Å². The van der Waals surface area contributed by atoms with E-state index in [-0.39, 0.29) is 11.7 Å². The zero-order valence-electron chi connectivity index (χ0n) is 11.6. The second kappa shape index (κ2) is 7.16. The second-order valence-corrected chi connectivity index (χ2v) is 6.40. The SMILES string of the molecule is Cc1cc(C)nc(SCC(=O)Nc2ccc(Cl)c(Cl)c2)c1. The van der Waals surface area contributed by atoms with Gasteiger partial charge in [-0.2, -0.15) is 0 Å². The van der Waals surface area contributed by atoms with Gasteiger partial charge in [-0.1, -0.05) is 35.0 Å². The maximum atomic E-state index is 11.9. The van der Waals surface area contributed by atoms with Gasteiger partial charge in [0.1, 0.15) is 0 Å². The Morgan fingerprint density at radius 1 is 1.19 bits per heavy atom. The molecular weight excluding hydrogens is 327 g/mol. The van der Waals surface area contributed by atoms with E-state index < -0.39 is 0 Å². The molecule has 0 atom stereocenters. The van der Waals surface area contributed by atoms with Crippen LogP contribution in [0.2, 0.25) is 10.0 Å². The highest BCUT2D eigenvalue weighted by Gasteiger charge is 2.07. The first-order valence-electron chi connectivity index (χ1n) is 6.27. The van der Waals surface area contributed by atoms with Crippen molar-refractivity contribution >= 4 is 46.6 Å². The van der Waals surface area contributed by atoms with Gasteiger partial charge >= 0.3 is 0 Å². The van der Waals surface area contributed by atoms with Gasteiger partial charge in [-0.25, -0.2) is 4.98 Å². The van der Waals surface area contributed by atoms with Crippen molar-refractivity contribution in [2.24, 2.45) is 0 Å². The highest BCUT2D eigenvalue weighted by Crippen LogP contribution is 2.25. The number of carbonyl (C=O) groups is 1. The lowest BCUT2D eigenvalue weighted by Gasteiger charge is -2.07. The van der Waals surface area contributed by atoms with Crippen LogP contribution < -0.4 is 5.32 Å². The van der Waals surface area contributed by atoms with Crippen molar-refractivity contribution in [3.05, 3.63) is 51.6 Å². The van der Waals surface area contributed by atoms with Gasteiger partial charge in [0.05, 0.1) is 20.8 Å². The quantitative estimate of drug-likeness (QED) is 0.817. The lowest BCUT2D eigenvalue weighted by atomic mass is 10.3. The molecule has 1 amide bonds. The predicted molar refractivity (Wildman–Crippen MR) is 89.5 cm³/mol. The smallest absolute Gasteiger partial charge is 0.234 e. The molecule has 1 N–H and O–H groups in total. The van der Waals surface area contributed by atoms with Gasteiger partial charge in [-0.3, -0.25) is 4.79 Å². The summed E-state index contributed by atoms with van der Waals surface area (Å²) in [5.74, 6) is 0.176. The number of carbonyl (C=O) groups excluding carboxylic acids is 1. The summed E-state index contributed by atoms with van der Waals surface area (Å²) in [6.45, 7) is 3.95. The Hall–Kier alpha value is -1.23. The molecule has 0 saturated heterocycles. The summed E-state index contributed by atoms with van der Waals surface area (Å²) in [5, 5.41) is 4.50. The van der Waals surface area contributed by atoms with E-state index in [4.69, 9.17) is 23.2 Å². The lowest BCUT2D eigenvalue weighted by Crippen LogP contribution is -2.14. The largest absolute Gasteiger partial charge is 0.325 e. The number of rotatable bonds is 4. The Balaban J connectivity index is 1.94. The number of aromatic nitrogens is 1. The molecule has 21 heavy (non-hydrogen) atoms. The Bertz CT molecular complexity index is 656. The number of nitrogens with one attached hydrogen (secondary N) is 1. The summed E-state index contributed by atoms with van der Waals surface area (Å²) in [6.07, 6.45) is 0. The van der Waals surface area contributed by atoms with E-state index in [0.29, 0.717) is 15.7 Å². The van der Waals surface area contributed by atoms with Crippen molar-refractivity contribution in [3.8, 4) is 0 Å². The number of anilines is 1. The van der Waals surface area contributed by atoms with Crippen LogP contribution in [0.4, 0.5) is 5.69 Å². The number of nitrogens with zero attached hydrogens (tertiary/aromatic N) is 1. The first-order valence-corrected chi connectivity index (χ1v) is 8.01. The summed E-state index contributed by atoms with van der Waals surface area (Å²) in [7, 11) is 0. The zero-order chi connectivity index (χ0) is 15.4. The van der Waals surface area contributed by atoms with E-state index in [1.807, 2.05) is 26.0 Å². The number of hydrogen-bond donors (Lipinski definition) is 1. The average Bonchev–Trinajstić information content (AvgIpc) is 2.40. The fourth-order valence-corrected chi connectivity index (χ4v) is 2.92. The molecule has 110 valence electrons. The van der Waals surface area contributed by atoms with Gasteiger partial charge in [0.2, 0.25) is 5.91 Å². The van der Waals surface area contributed by atoms with Crippen molar-refractivity contribution in [3.63, 3.8) is 0 Å². The van der Waals surface area contributed by atoms with Gasteiger partial charge in [0.15, 0.2) is 0 Å². The normalized spacial score (nSPS) is 10.5. The van der Waals surface area contributed by atoms with E-state index in [1.165, 1.54) is 11.8 Å². The first kappa shape index (κ1) is 16.1. The Labute approximate surface area is 138 Å². The third-order valence-electron chi connectivity index (χ3n) is 2.63. The number of thioether (sulfide) groups is 1. The van der Waals surface area contributed by atoms with Gasteiger partial charge in [-0.15, -0.1) is 0 Å². The second-order valence-electron chi connectivity index (χ2n) is 4.59. The molecule has 0 aliphatic rings. The maximum Gasteiger partial charge on any atom is 0.234 e. The molecule has 0 fully saturated rings. The van der Waals surface area contributed by atoms with Crippen LogP contribution in [0.1, 0.15) is 11.3 Å². The fraction of sp³-hybridized carbons (Fsp3) is 0.200. The molecule has 0 radical (unpaired) electrons. The van der Waals surface area contributed by atoms with Crippen LogP contribution in [0.5, 0.6) is 0 Å². The topological polar surface area (TPSA) is 42.0 Å². The summed E-state index contributed by atoms with van der Waals surface area (Å²) < 4.78 is 0. The van der Waals surface area contributed by atoms with Crippen LogP contribution >= 0.6 is 35.0 Å². The Morgan fingerprint density at radius 2 is 1.95 bits per heavy atom. The maximum absolute atomic E-state index is 11.9. The van der Waals surface area contributed by atoms with E-state index in [2.05, 4.69) is 10.3 Å². The lowest BCUT2D eigenvalue weighted by molar-refractivity contribution is -0.113. The molecule has 1 aromatic heterocycles. The summed E-state index contributed by atoms with van der Waals surface area (Å²) in [5.41, 5.74) is 2.71. The molecule has 0 unspecified atom stereocenters. The van der Waals surface area contributed by atoms with Gasteiger partial charge in [-0.05, 0) is 49.7 Å². The zero-order valence-corrected chi connectivity index (χ0v) is 13.9. The minimum Gasteiger partial charge on any atom is -0.325 e. The molecule has 1 heterocycles. The Morgan fingerprint density at radius 3 is 2.62 bits per heavy atom. The van der Waals surface area contributed by atoms with E-state index >= 15 is 0 Å². The number of amides is 1. The highest BCUT2D eigenvalue weighted by atomic mass is 35.5.